The highest BCUT2D eigenvalue weighted by Gasteiger charge is 2.18. The van der Waals surface area contributed by atoms with Crippen molar-refractivity contribution in [2.24, 2.45) is 0 Å². The Morgan fingerprint density at radius 1 is 1.29 bits per heavy atom. The van der Waals surface area contributed by atoms with Crippen molar-refractivity contribution >= 4 is 34.4 Å². The number of aromatic nitrogens is 2. The van der Waals surface area contributed by atoms with E-state index in [-0.39, 0.29) is 17.3 Å². The normalized spacial score (nSPS) is 10.2. The van der Waals surface area contributed by atoms with Crippen LogP contribution in [0.5, 0.6) is 11.5 Å². The lowest BCUT2D eigenvalue weighted by Crippen LogP contribution is -2.06. The van der Waals surface area contributed by atoms with Gasteiger partial charge in [0.05, 0.1) is 23.0 Å². The van der Waals surface area contributed by atoms with Crippen LogP contribution in [0.1, 0.15) is 25.3 Å². The lowest BCUT2D eigenvalue weighted by molar-refractivity contribution is 0.286. The highest BCUT2D eigenvalue weighted by molar-refractivity contribution is 14.1. The number of nitrogen functional groups attached to an aromatic ring is 2. The Morgan fingerprint density at radius 3 is 2.67 bits per heavy atom. The number of anilines is 2. The first kappa shape index (κ1) is 18.1. The van der Waals surface area contributed by atoms with Crippen molar-refractivity contribution in [1.29, 1.82) is 5.26 Å². The molecule has 0 fully saturated rings. The van der Waals surface area contributed by atoms with Gasteiger partial charge in [-0.25, -0.2) is 4.98 Å². The van der Waals surface area contributed by atoms with Gasteiger partial charge in [0.1, 0.15) is 17.5 Å². The molecule has 2 rings (SSSR count). The van der Waals surface area contributed by atoms with E-state index < -0.39 is 0 Å². The molecule has 0 spiro atoms. The fourth-order valence-electron chi connectivity index (χ4n) is 2.13. The molecule has 0 saturated heterocycles. The third kappa shape index (κ3) is 3.79. The topological polar surface area (TPSA) is 120 Å². The van der Waals surface area contributed by atoms with Crippen LogP contribution < -0.4 is 20.9 Å². The van der Waals surface area contributed by atoms with Gasteiger partial charge in [-0.2, -0.15) is 10.2 Å². The molecule has 0 saturated carbocycles. The minimum Gasteiger partial charge on any atom is -0.493 e. The zero-order valence-corrected chi connectivity index (χ0v) is 15.6. The first-order valence-electron chi connectivity index (χ1n) is 7.35. The molecule has 0 aliphatic carbocycles. The summed E-state index contributed by atoms with van der Waals surface area (Å²) in [6.07, 6.45) is 2.00. The van der Waals surface area contributed by atoms with Crippen LogP contribution in [0.15, 0.2) is 12.1 Å². The number of unbranched alkanes of at least 4 members (excludes halogenated alkanes) is 1. The molecule has 0 aliphatic heterocycles. The van der Waals surface area contributed by atoms with Crippen LogP contribution in [0.25, 0.3) is 11.3 Å². The van der Waals surface area contributed by atoms with E-state index in [9.17, 15) is 5.26 Å². The number of hydrogen-bond acceptors (Lipinski definition) is 7. The van der Waals surface area contributed by atoms with Crippen molar-refractivity contribution in [3.05, 3.63) is 21.3 Å². The summed E-state index contributed by atoms with van der Waals surface area (Å²) in [7, 11) is 1.57. The first-order chi connectivity index (χ1) is 11.5. The van der Waals surface area contributed by atoms with Crippen LogP contribution in [0.2, 0.25) is 0 Å². The van der Waals surface area contributed by atoms with E-state index in [4.69, 9.17) is 20.9 Å². The molecule has 4 N–H and O–H groups in total. The average molecular weight is 439 g/mol. The largest absolute Gasteiger partial charge is 0.493 e. The van der Waals surface area contributed by atoms with E-state index in [0.717, 1.165) is 16.4 Å². The molecular weight excluding hydrogens is 421 g/mol. The number of hydrogen-bond donors (Lipinski definition) is 2. The molecule has 0 aliphatic rings. The van der Waals surface area contributed by atoms with E-state index in [0.29, 0.717) is 29.4 Å². The van der Waals surface area contributed by atoms with Gasteiger partial charge in [0.25, 0.3) is 0 Å². The SMILES string of the molecule is CCCCOc1c(I)cc(-c2nc(N)nc(N)c2C#N)cc1OC. The van der Waals surface area contributed by atoms with Gasteiger partial charge >= 0.3 is 0 Å². The van der Waals surface area contributed by atoms with Crippen LogP contribution in [-0.4, -0.2) is 23.7 Å². The molecule has 8 heteroatoms. The Labute approximate surface area is 154 Å². The molecule has 2 aromatic rings. The van der Waals surface area contributed by atoms with E-state index in [1.165, 1.54) is 0 Å². The van der Waals surface area contributed by atoms with Gasteiger partial charge in [0, 0.05) is 5.56 Å². The summed E-state index contributed by atoms with van der Waals surface area (Å²) in [4.78, 5) is 7.99. The summed E-state index contributed by atoms with van der Waals surface area (Å²) in [5.41, 5.74) is 12.7. The van der Waals surface area contributed by atoms with Gasteiger partial charge < -0.3 is 20.9 Å². The molecule has 7 nitrogen and oxygen atoms in total. The third-order valence-corrected chi connectivity index (χ3v) is 4.11. The maximum Gasteiger partial charge on any atom is 0.222 e. The molecule has 0 atom stereocenters. The Kier molecular flexibility index (Phi) is 6.03. The molecule has 0 radical (unpaired) electrons. The maximum atomic E-state index is 9.34. The molecule has 1 heterocycles. The summed E-state index contributed by atoms with van der Waals surface area (Å²) in [5.74, 6) is 1.30. The smallest absolute Gasteiger partial charge is 0.222 e. The fraction of sp³-hybridized carbons (Fsp3) is 0.312. The summed E-state index contributed by atoms with van der Waals surface area (Å²) >= 11 is 2.16. The standard InChI is InChI=1S/C16H18IN5O2/c1-3-4-5-24-14-11(17)6-9(7-12(14)23-2)13-10(8-18)15(19)22-16(20)21-13/h6-7H,3-5H2,1-2H3,(H4,19,20,21,22). The summed E-state index contributed by atoms with van der Waals surface area (Å²) < 4.78 is 12.1. The van der Waals surface area contributed by atoms with Gasteiger partial charge in [-0.3, -0.25) is 0 Å². The van der Waals surface area contributed by atoms with Gasteiger partial charge in [-0.15, -0.1) is 0 Å². The van der Waals surface area contributed by atoms with Crippen molar-refractivity contribution in [1.82, 2.24) is 9.97 Å². The summed E-state index contributed by atoms with van der Waals surface area (Å²) in [5, 5.41) is 9.34. The minimum absolute atomic E-state index is 0.0127. The van der Waals surface area contributed by atoms with Gasteiger partial charge in [0.2, 0.25) is 5.95 Å². The van der Waals surface area contributed by atoms with Crippen molar-refractivity contribution in [2.45, 2.75) is 19.8 Å². The highest BCUT2D eigenvalue weighted by atomic mass is 127. The van der Waals surface area contributed by atoms with E-state index in [1.54, 1.807) is 13.2 Å². The van der Waals surface area contributed by atoms with Crippen LogP contribution >= 0.6 is 22.6 Å². The summed E-state index contributed by atoms with van der Waals surface area (Å²) in [6, 6.07) is 5.63. The Balaban J connectivity index is 2.54. The second kappa shape index (κ2) is 8.01. The van der Waals surface area contributed by atoms with Crippen molar-refractivity contribution in [3.8, 4) is 28.8 Å². The van der Waals surface area contributed by atoms with Crippen molar-refractivity contribution in [2.75, 3.05) is 25.2 Å². The van der Waals surface area contributed by atoms with E-state index >= 15 is 0 Å². The minimum atomic E-state index is 0.0127. The lowest BCUT2D eigenvalue weighted by Gasteiger charge is -2.15. The van der Waals surface area contributed by atoms with Crippen LogP contribution in [0.4, 0.5) is 11.8 Å². The van der Waals surface area contributed by atoms with E-state index in [2.05, 4.69) is 39.5 Å². The predicted molar refractivity (Wildman–Crippen MR) is 101 cm³/mol. The maximum absolute atomic E-state index is 9.34. The molecule has 126 valence electrons. The number of benzene rings is 1. The number of nitriles is 1. The Morgan fingerprint density at radius 2 is 2.04 bits per heavy atom. The predicted octanol–water partition coefficient (Wildman–Crippen LogP) is 2.97. The highest BCUT2D eigenvalue weighted by Crippen LogP contribution is 2.38. The van der Waals surface area contributed by atoms with Crippen molar-refractivity contribution < 1.29 is 9.47 Å². The second-order valence-corrected chi connectivity index (χ2v) is 6.16. The molecule has 1 aromatic heterocycles. The fourth-order valence-corrected chi connectivity index (χ4v) is 2.89. The molecule has 0 amide bonds. The zero-order valence-electron chi connectivity index (χ0n) is 13.5. The van der Waals surface area contributed by atoms with Crippen LogP contribution in [0, 0.1) is 14.9 Å². The van der Waals surface area contributed by atoms with E-state index in [1.807, 2.05) is 12.1 Å². The number of rotatable bonds is 6. The number of nitrogens with zero attached hydrogens (tertiary/aromatic N) is 3. The molecule has 24 heavy (non-hydrogen) atoms. The molecule has 0 unspecified atom stereocenters. The van der Waals surface area contributed by atoms with Gasteiger partial charge in [-0.05, 0) is 41.1 Å². The first-order valence-corrected chi connectivity index (χ1v) is 8.43. The van der Waals surface area contributed by atoms with Crippen molar-refractivity contribution in [3.63, 3.8) is 0 Å². The van der Waals surface area contributed by atoms with Crippen LogP contribution in [-0.2, 0) is 0 Å². The zero-order chi connectivity index (χ0) is 17.7. The average Bonchev–Trinajstić information content (AvgIpc) is 2.55. The second-order valence-electron chi connectivity index (χ2n) is 4.99. The van der Waals surface area contributed by atoms with Crippen LogP contribution in [0.3, 0.4) is 0 Å². The number of halogens is 1. The quantitative estimate of drug-likeness (QED) is 0.525. The number of methoxy groups -OCH3 is 1. The Hall–Kier alpha value is -2.28. The third-order valence-electron chi connectivity index (χ3n) is 3.31. The molecular formula is C16H18IN5O2. The number of nitrogens with two attached hydrogens (primary N) is 2. The summed E-state index contributed by atoms with van der Waals surface area (Å²) in [6.45, 7) is 2.71. The molecule has 0 bridgehead atoms. The lowest BCUT2D eigenvalue weighted by atomic mass is 10.1. The van der Waals surface area contributed by atoms with Gasteiger partial charge in [-0.1, -0.05) is 13.3 Å². The monoisotopic (exact) mass is 439 g/mol. The van der Waals surface area contributed by atoms with Gasteiger partial charge in [0.15, 0.2) is 11.5 Å². The Bertz CT molecular complexity index is 789. The number of ether oxygens (including phenoxy) is 2. The molecule has 1 aromatic carbocycles.